The standard InChI is InChI=1S/C14H14Br2FNO/c1-2-7-18-13(14-10(15)6-8-19-14)9-4-3-5-11(17)12(9)16/h3-6,8,13,18H,2,7H2,1H3. The lowest BCUT2D eigenvalue weighted by Gasteiger charge is -2.19. The van der Waals surface area contributed by atoms with Crippen molar-refractivity contribution >= 4 is 31.9 Å². The molecule has 0 aliphatic heterocycles. The number of halogens is 3. The second-order valence-corrected chi connectivity index (χ2v) is 5.81. The first-order valence-corrected chi connectivity index (χ1v) is 7.64. The monoisotopic (exact) mass is 389 g/mol. The molecule has 0 saturated carbocycles. The van der Waals surface area contributed by atoms with Gasteiger partial charge in [-0.1, -0.05) is 19.1 Å². The van der Waals surface area contributed by atoms with Crippen LogP contribution in [0.2, 0.25) is 0 Å². The minimum absolute atomic E-state index is 0.186. The molecule has 0 spiro atoms. The summed E-state index contributed by atoms with van der Waals surface area (Å²) in [6.07, 6.45) is 2.61. The maximum atomic E-state index is 13.7. The molecule has 1 heterocycles. The third kappa shape index (κ3) is 3.27. The van der Waals surface area contributed by atoms with E-state index in [1.807, 2.05) is 12.1 Å². The molecule has 0 radical (unpaired) electrons. The fraction of sp³-hybridized carbons (Fsp3) is 0.286. The van der Waals surface area contributed by atoms with Gasteiger partial charge in [-0.3, -0.25) is 0 Å². The average Bonchev–Trinajstić information content (AvgIpc) is 2.81. The van der Waals surface area contributed by atoms with Crippen LogP contribution in [-0.2, 0) is 0 Å². The fourth-order valence-electron chi connectivity index (χ4n) is 1.89. The Kier molecular flexibility index (Phi) is 5.19. The molecule has 0 amide bonds. The lowest BCUT2D eigenvalue weighted by atomic mass is 10.0. The highest BCUT2D eigenvalue weighted by molar-refractivity contribution is 9.10. The van der Waals surface area contributed by atoms with Gasteiger partial charge in [-0.25, -0.2) is 4.39 Å². The van der Waals surface area contributed by atoms with Crippen molar-refractivity contribution in [3.05, 3.63) is 56.6 Å². The van der Waals surface area contributed by atoms with Gasteiger partial charge in [0.2, 0.25) is 0 Å². The minimum Gasteiger partial charge on any atom is -0.466 e. The molecular weight excluding hydrogens is 377 g/mol. The van der Waals surface area contributed by atoms with Gasteiger partial charge in [0.05, 0.1) is 21.3 Å². The van der Waals surface area contributed by atoms with E-state index in [1.165, 1.54) is 6.07 Å². The topological polar surface area (TPSA) is 25.2 Å². The first-order chi connectivity index (χ1) is 9.15. The summed E-state index contributed by atoms with van der Waals surface area (Å²) in [4.78, 5) is 0. The SMILES string of the molecule is CCCNC(c1cccc(F)c1Br)c1occc1Br. The van der Waals surface area contributed by atoms with Crippen LogP contribution in [0.25, 0.3) is 0 Å². The lowest BCUT2D eigenvalue weighted by Crippen LogP contribution is -2.23. The first-order valence-electron chi connectivity index (χ1n) is 6.05. The molecule has 0 aliphatic rings. The largest absolute Gasteiger partial charge is 0.466 e. The number of nitrogens with one attached hydrogen (secondary N) is 1. The van der Waals surface area contributed by atoms with E-state index in [1.54, 1.807) is 12.3 Å². The molecule has 1 aromatic carbocycles. The second-order valence-electron chi connectivity index (χ2n) is 4.16. The van der Waals surface area contributed by atoms with Crippen LogP contribution in [0.3, 0.4) is 0 Å². The van der Waals surface area contributed by atoms with Gasteiger partial charge < -0.3 is 9.73 Å². The summed E-state index contributed by atoms with van der Waals surface area (Å²) in [5.74, 6) is 0.475. The molecule has 102 valence electrons. The molecule has 1 atom stereocenters. The van der Waals surface area contributed by atoms with E-state index < -0.39 is 0 Å². The highest BCUT2D eigenvalue weighted by Crippen LogP contribution is 2.34. The van der Waals surface area contributed by atoms with Gasteiger partial charge in [-0.05, 0) is 62.5 Å². The third-order valence-electron chi connectivity index (χ3n) is 2.80. The number of hydrogen-bond donors (Lipinski definition) is 1. The second kappa shape index (κ2) is 6.68. The summed E-state index contributed by atoms with van der Waals surface area (Å²) in [6.45, 7) is 2.91. The molecule has 2 aromatic rings. The molecule has 1 N–H and O–H groups in total. The molecule has 0 aliphatic carbocycles. The van der Waals surface area contributed by atoms with Crippen LogP contribution in [0.5, 0.6) is 0 Å². The normalized spacial score (nSPS) is 12.6. The zero-order valence-corrected chi connectivity index (χ0v) is 13.6. The van der Waals surface area contributed by atoms with Crippen molar-refractivity contribution in [3.63, 3.8) is 0 Å². The van der Waals surface area contributed by atoms with Crippen LogP contribution >= 0.6 is 31.9 Å². The first kappa shape index (κ1) is 14.8. The van der Waals surface area contributed by atoms with Gasteiger partial charge in [-0.2, -0.15) is 0 Å². The Balaban J connectivity index is 2.43. The minimum atomic E-state index is -0.275. The molecule has 2 rings (SSSR count). The Hall–Kier alpha value is -0.650. The molecule has 1 unspecified atom stereocenters. The van der Waals surface area contributed by atoms with E-state index in [0.717, 1.165) is 28.8 Å². The van der Waals surface area contributed by atoms with Gasteiger partial charge >= 0.3 is 0 Å². The molecule has 2 nitrogen and oxygen atoms in total. The summed E-state index contributed by atoms with van der Waals surface area (Å²) in [5.41, 5.74) is 0.823. The van der Waals surface area contributed by atoms with Crippen LogP contribution in [-0.4, -0.2) is 6.54 Å². The van der Waals surface area contributed by atoms with Crippen molar-refractivity contribution in [2.45, 2.75) is 19.4 Å². The quantitative estimate of drug-likeness (QED) is 0.774. The summed E-state index contributed by atoms with van der Waals surface area (Å²) >= 11 is 6.77. The Morgan fingerprint density at radius 3 is 2.74 bits per heavy atom. The number of furan rings is 1. The van der Waals surface area contributed by atoms with Gasteiger partial charge in [0, 0.05) is 0 Å². The predicted octanol–water partition coefficient (Wildman–Crippen LogP) is 5.03. The molecule has 0 saturated heterocycles. The van der Waals surface area contributed by atoms with Crippen LogP contribution in [0, 0.1) is 5.82 Å². The Bertz CT molecular complexity index is 556. The van der Waals surface area contributed by atoms with Crippen molar-refractivity contribution in [1.82, 2.24) is 5.32 Å². The highest BCUT2D eigenvalue weighted by Gasteiger charge is 2.22. The van der Waals surface area contributed by atoms with Crippen LogP contribution in [0.4, 0.5) is 4.39 Å². The molecular formula is C14H14Br2FNO. The van der Waals surface area contributed by atoms with E-state index in [-0.39, 0.29) is 11.9 Å². The Morgan fingerprint density at radius 1 is 1.32 bits per heavy atom. The molecule has 0 bridgehead atoms. The van der Waals surface area contributed by atoms with Crippen LogP contribution in [0.15, 0.2) is 43.9 Å². The molecule has 0 fully saturated rings. The Morgan fingerprint density at radius 2 is 2.11 bits per heavy atom. The smallest absolute Gasteiger partial charge is 0.139 e. The van der Waals surface area contributed by atoms with Crippen molar-refractivity contribution in [2.24, 2.45) is 0 Å². The molecule has 19 heavy (non-hydrogen) atoms. The van der Waals surface area contributed by atoms with E-state index in [0.29, 0.717) is 4.47 Å². The van der Waals surface area contributed by atoms with Gasteiger partial charge in [-0.15, -0.1) is 0 Å². The highest BCUT2D eigenvalue weighted by atomic mass is 79.9. The van der Waals surface area contributed by atoms with Crippen molar-refractivity contribution in [1.29, 1.82) is 0 Å². The maximum absolute atomic E-state index is 13.7. The maximum Gasteiger partial charge on any atom is 0.139 e. The van der Waals surface area contributed by atoms with Gasteiger partial charge in [0.25, 0.3) is 0 Å². The zero-order chi connectivity index (χ0) is 13.8. The number of rotatable bonds is 5. The summed E-state index contributed by atoms with van der Waals surface area (Å²) in [5, 5.41) is 3.38. The van der Waals surface area contributed by atoms with Gasteiger partial charge in [0.1, 0.15) is 11.6 Å². The average molecular weight is 391 g/mol. The molecule has 1 aromatic heterocycles. The number of hydrogen-bond acceptors (Lipinski definition) is 2. The van der Waals surface area contributed by atoms with Crippen molar-refractivity contribution < 1.29 is 8.81 Å². The van der Waals surface area contributed by atoms with E-state index in [9.17, 15) is 4.39 Å². The predicted molar refractivity (Wildman–Crippen MR) is 80.6 cm³/mol. The third-order valence-corrected chi connectivity index (χ3v) is 4.29. The summed E-state index contributed by atoms with van der Waals surface area (Å²) in [7, 11) is 0. The summed E-state index contributed by atoms with van der Waals surface area (Å²) < 4.78 is 20.5. The molecule has 5 heteroatoms. The van der Waals surface area contributed by atoms with E-state index in [4.69, 9.17) is 4.42 Å². The van der Waals surface area contributed by atoms with Crippen molar-refractivity contribution in [2.75, 3.05) is 6.54 Å². The van der Waals surface area contributed by atoms with E-state index in [2.05, 4.69) is 44.1 Å². The zero-order valence-electron chi connectivity index (χ0n) is 10.4. The number of benzene rings is 1. The lowest BCUT2D eigenvalue weighted by molar-refractivity contribution is 0.442. The van der Waals surface area contributed by atoms with Crippen molar-refractivity contribution in [3.8, 4) is 0 Å². The summed E-state index contributed by atoms with van der Waals surface area (Å²) in [6, 6.07) is 6.67. The fourth-order valence-corrected chi connectivity index (χ4v) is 2.81. The van der Waals surface area contributed by atoms with Gasteiger partial charge in [0.15, 0.2) is 0 Å². The van der Waals surface area contributed by atoms with E-state index >= 15 is 0 Å². The van der Waals surface area contributed by atoms with Crippen LogP contribution in [0.1, 0.15) is 30.7 Å². The Labute approximate surface area is 128 Å². The van der Waals surface area contributed by atoms with Crippen LogP contribution < -0.4 is 5.32 Å².